The lowest BCUT2D eigenvalue weighted by Crippen LogP contribution is -2.08. The minimum atomic E-state index is -0.645. The lowest BCUT2D eigenvalue weighted by molar-refractivity contribution is -0.114. The van der Waals surface area contributed by atoms with Crippen LogP contribution in [0.3, 0.4) is 0 Å². The smallest absolute Gasteiger partial charge is 0.155 e. The number of carbonyl (C=O) groups is 1. The zero-order chi connectivity index (χ0) is 17.1. The number of aliphatic hydroxyl groups excluding tert-OH is 1. The van der Waals surface area contributed by atoms with E-state index < -0.39 is 6.10 Å². The van der Waals surface area contributed by atoms with Crippen molar-refractivity contribution in [1.29, 1.82) is 0 Å². The van der Waals surface area contributed by atoms with E-state index in [2.05, 4.69) is 58.3 Å². The summed E-state index contributed by atoms with van der Waals surface area (Å²) in [5.41, 5.74) is 0. The van der Waals surface area contributed by atoms with Gasteiger partial charge in [0.25, 0.3) is 0 Å². The van der Waals surface area contributed by atoms with E-state index in [1.807, 2.05) is 0 Å². The van der Waals surface area contributed by atoms with Crippen LogP contribution in [0.25, 0.3) is 0 Å². The minimum absolute atomic E-state index is 0.0215. The third-order valence-corrected chi connectivity index (χ3v) is 4.50. The third kappa shape index (κ3) is 14.5. The quantitative estimate of drug-likeness (QED) is 0.180. The highest BCUT2D eigenvalue weighted by molar-refractivity contribution is 14.1. The first-order valence-electron chi connectivity index (χ1n) is 7.04. The van der Waals surface area contributed by atoms with Gasteiger partial charge in [-0.15, -0.1) is 23.2 Å². The predicted octanol–water partition coefficient (Wildman–Crippen LogP) is 5.93. The molecule has 0 aliphatic carbocycles. The van der Waals surface area contributed by atoms with E-state index >= 15 is 0 Å². The Labute approximate surface area is 170 Å². The summed E-state index contributed by atoms with van der Waals surface area (Å²) in [7, 11) is 0. The van der Waals surface area contributed by atoms with Crippen molar-refractivity contribution in [3.8, 4) is 0 Å². The number of carbonyl (C=O) groups excluding carboxylic acids is 1. The average molecular weight is 571 g/mol. The standard InChI is InChI=1S/C16H22Cl2I2O2/c1-11(19)9-13(17)3-5-15(21)7-8-16(22)6-4-14(18)10-12(2)20/h7-8,13-15,21H,1-6,9-10H2/b8-7+/t13-,14?,15?/m0/s1. The van der Waals surface area contributed by atoms with Gasteiger partial charge in [0, 0.05) is 17.2 Å². The van der Waals surface area contributed by atoms with Gasteiger partial charge in [-0.2, -0.15) is 0 Å². The number of ketones is 1. The van der Waals surface area contributed by atoms with Gasteiger partial charge in [-0.1, -0.05) is 19.2 Å². The van der Waals surface area contributed by atoms with Crippen molar-refractivity contribution in [3.05, 3.63) is 32.5 Å². The largest absolute Gasteiger partial charge is 0.389 e. The third-order valence-electron chi connectivity index (χ3n) is 2.87. The van der Waals surface area contributed by atoms with Crippen molar-refractivity contribution in [2.24, 2.45) is 0 Å². The molecule has 6 heteroatoms. The summed E-state index contributed by atoms with van der Waals surface area (Å²) in [6, 6.07) is 0. The number of allylic oxidation sites excluding steroid dienone is 3. The summed E-state index contributed by atoms with van der Waals surface area (Å²) in [5, 5.41) is 9.73. The van der Waals surface area contributed by atoms with Gasteiger partial charge in [-0.25, -0.2) is 0 Å². The molecule has 0 aliphatic heterocycles. The van der Waals surface area contributed by atoms with Crippen LogP contribution in [-0.4, -0.2) is 27.7 Å². The van der Waals surface area contributed by atoms with E-state index in [0.717, 1.165) is 13.6 Å². The van der Waals surface area contributed by atoms with E-state index in [4.69, 9.17) is 23.2 Å². The number of hydrogen-bond acceptors (Lipinski definition) is 2. The number of aliphatic hydroxyl groups is 1. The fourth-order valence-electron chi connectivity index (χ4n) is 1.73. The van der Waals surface area contributed by atoms with Gasteiger partial charge in [0.2, 0.25) is 0 Å². The molecular weight excluding hydrogens is 549 g/mol. The highest BCUT2D eigenvalue weighted by Crippen LogP contribution is 2.20. The van der Waals surface area contributed by atoms with Crippen molar-refractivity contribution >= 4 is 74.2 Å². The topological polar surface area (TPSA) is 37.3 Å². The zero-order valence-electron chi connectivity index (χ0n) is 12.4. The van der Waals surface area contributed by atoms with Crippen LogP contribution < -0.4 is 0 Å². The Kier molecular flexibility index (Phi) is 13.7. The lowest BCUT2D eigenvalue weighted by Gasteiger charge is -2.10. The molecule has 126 valence electrons. The predicted molar refractivity (Wildman–Crippen MR) is 113 cm³/mol. The molecule has 0 amide bonds. The first-order valence-corrected chi connectivity index (χ1v) is 10.1. The van der Waals surface area contributed by atoms with Gasteiger partial charge in [-0.3, -0.25) is 4.79 Å². The summed E-state index contributed by atoms with van der Waals surface area (Å²) < 4.78 is 1.99. The van der Waals surface area contributed by atoms with Crippen LogP contribution in [0, 0.1) is 0 Å². The van der Waals surface area contributed by atoms with E-state index in [1.165, 1.54) is 12.2 Å². The molecule has 1 N–H and O–H groups in total. The Bertz CT molecular complexity index is 411. The highest BCUT2D eigenvalue weighted by atomic mass is 127. The van der Waals surface area contributed by atoms with Gasteiger partial charge >= 0.3 is 0 Å². The molecule has 0 radical (unpaired) electrons. The van der Waals surface area contributed by atoms with Crippen LogP contribution in [0.5, 0.6) is 0 Å². The van der Waals surface area contributed by atoms with Crippen molar-refractivity contribution in [2.45, 2.75) is 55.4 Å². The molecule has 22 heavy (non-hydrogen) atoms. The molecule has 3 atom stereocenters. The molecule has 0 aromatic heterocycles. The fraction of sp³-hybridized carbons (Fsp3) is 0.562. The molecule has 0 bridgehead atoms. The fourth-order valence-corrected chi connectivity index (χ4v) is 3.92. The Morgan fingerprint density at radius 3 is 2.05 bits per heavy atom. The van der Waals surface area contributed by atoms with E-state index in [9.17, 15) is 9.90 Å². The molecule has 0 rings (SSSR count). The van der Waals surface area contributed by atoms with Crippen LogP contribution in [0.4, 0.5) is 0 Å². The molecule has 0 aromatic rings. The van der Waals surface area contributed by atoms with Gasteiger partial charge in [0.05, 0.1) is 6.10 Å². The number of hydrogen-bond donors (Lipinski definition) is 1. The molecule has 0 spiro atoms. The van der Waals surface area contributed by atoms with Gasteiger partial charge in [0.1, 0.15) is 0 Å². The maximum absolute atomic E-state index is 11.7. The van der Waals surface area contributed by atoms with Crippen LogP contribution in [-0.2, 0) is 4.79 Å². The monoisotopic (exact) mass is 570 g/mol. The minimum Gasteiger partial charge on any atom is -0.389 e. The molecule has 0 aliphatic rings. The maximum Gasteiger partial charge on any atom is 0.155 e. The summed E-state index contributed by atoms with van der Waals surface area (Å²) in [6.45, 7) is 7.59. The van der Waals surface area contributed by atoms with E-state index in [0.29, 0.717) is 32.1 Å². The van der Waals surface area contributed by atoms with Crippen molar-refractivity contribution < 1.29 is 9.90 Å². The van der Waals surface area contributed by atoms with Crippen LogP contribution in [0.1, 0.15) is 38.5 Å². The Balaban J connectivity index is 3.95. The normalized spacial score (nSPS) is 15.5. The lowest BCUT2D eigenvalue weighted by atomic mass is 10.1. The van der Waals surface area contributed by atoms with Gasteiger partial charge < -0.3 is 5.11 Å². The van der Waals surface area contributed by atoms with Crippen LogP contribution >= 0.6 is 68.4 Å². The van der Waals surface area contributed by atoms with Crippen molar-refractivity contribution in [3.63, 3.8) is 0 Å². The van der Waals surface area contributed by atoms with Crippen LogP contribution in [0.2, 0.25) is 0 Å². The summed E-state index contributed by atoms with van der Waals surface area (Å²) in [6.07, 6.45) is 5.99. The molecule has 0 heterocycles. The molecule has 2 nitrogen and oxygen atoms in total. The number of halogens is 4. The number of rotatable bonds is 12. The Morgan fingerprint density at radius 2 is 1.55 bits per heavy atom. The van der Waals surface area contributed by atoms with Crippen molar-refractivity contribution in [2.75, 3.05) is 0 Å². The maximum atomic E-state index is 11.7. The SMILES string of the molecule is C=C(I)CC(Cl)CCC(=O)/C=C/C(O)CC[C@H](Cl)CC(=C)I. The van der Waals surface area contributed by atoms with E-state index in [-0.39, 0.29) is 16.5 Å². The molecular formula is C16H22Cl2I2O2. The molecule has 0 saturated heterocycles. The summed E-state index contributed by atoms with van der Waals surface area (Å²) in [5.74, 6) is -0.0215. The Hall–Kier alpha value is 0.890. The summed E-state index contributed by atoms with van der Waals surface area (Å²) >= 11 is 16.5. The first kappa shape index (κ1) is 22.9. The molecule has 2 unspecified atom stereocenters. The van der Waals surface area contributed by atoms with Gasteiger partial charge in [0.15, 0.2) is 5.78 Å². The molecule has 0 fully saturated rings. The van der Waals surface area contributed by atoms with Crippen LogP contribution in [0.15, 0.2) is 32.5 Å². The van der Waals surface area contributed by atoms with E-state index in [1.54, 1.807) is 0 Å². The summed E-state index contributed by atoms with van der Waals surface area (Å²) in [4.78, 5) is 11.7. The van der Waals surface area contributed by atoms with Gasteiger partial charge in [-0.05, 0) is 90.5 Å². The highest BCUT2D eigenvalue weighted by Gasteiger charge is 2.10. The number of alkyl halides is 2. The zero-order valence-corrected chi connectivity index (χ0v) is 18.2. The Morgan fingerprint density at radius 1 is 1.05 bits per heavy atom. The second-order valence-electron chi connectivity index (χ2n) is 5.15. The first-order chi connectivity index (χ1) is 10.2. The molecule has 0 aromatic carbocycles. The second kappa shape index (κ2) is 13.2. The second-order valence-corrected chi connectivity index (χ2v) is 9.43. The van der Waals surface area contributed by atoms with Crippen molar-refractivity contribution in [1.82, 2.24) is 0 Å². The average Bonchev–Trinajstić information content (AvgIpc) is 2.39. The molecule has 0 saturated carbocycles.